The normalized spacial score (nSPS) is 12.2. The molecule has 102 valence electrons. The number of nitrogens with zero attached hydrogens (tertiary/aromatic N) is 1. The Balaban J connectivity index is 2.18. The number of aromatic nitrogens is 1. The smallest absolute Gasteiger partial charge is 0.162 e. The summed E-state index contributed by atoms with van der Waals surface area (Å²) in [6.45, 7) is 2.07. The highest BCUT2D eigenvalue weighted by Gasteiger charge is 2.17. The molecule has 0 fully saturated rings. The summed E-state index contributed by atoms with van der Waals surface area (Å²) in [5.41, 5.74) is 0.892. The maximum Gasteiger partial charge on any atom is 0.162 e. The third-order valence-electron chi connectivity index (χ3n) is 2.69. The lowest BCUT2D eigenvalue weighted by Gasteiger charge is -2.17. The van der Waals surface area contributed by atoms with Gasteiger partial charge in [0, 0.05) is 5.38 Å². The van der Waals surface area contributed by atoms with Gasteiger partial charge < -0.3 is 9.47 Å². The fraction of sp³-hybridized carbons (Fsp3) is 0.357. The average Bonchev–Trinajstić information content (AvgIpc) is 2.93. The monoisotopic (exact) mass is 297 g/mol. The van der Waals surface area contributed by atoms with Gasteiger partial charge in [-0.05, 0) is 18.6 Å². The van der Waals surface area contributed by atoms with Gasteiger partial charge in [-0.25, -0.2) is 4.98 Å². The second-order valence-corrected chi connectivity index (χ2v) is 5.13. The van der Waals surface area contributed by atoms with E-state index in [-0.39, 0.29) is 6.10 Å². The second-order valence-electron chi connectivity index (χ2n) is 3.98. The second kappa shape index (κ2) is 6.78. The molecule has 5 heteroatoms. The van der Waals surface area contributed by atoms with Crippen molar-refractivity contribution in [3.63, 3.8) is 0 Å². The molecule has 1 heterocycles. The van der Waals surface area contributed by atoms with Gasteiger partial charge in [-0.15, -0.1) is 22.9 Å². The Morgan fingerprint density at radius 3 is 2.63 bits per heavy atom. The molecule has 0 aliphatic heterocycles. The lowest BCUT2D eigenvalue weighted by atomic mass is 10.2. The molecule has 0 spiro atoms. The molecule has 0 saturated heterocycles. The summed E-state index contributed by atoms with van der Waals surface area (Å²) >= 11 is 7.36. The van der Waals surface area contributed by atoms with Gasteiger partial charge in [0.05, 0.1) is 18.7 Å². The van der Waals surface area contributed by atoms with E-state index < -0.39 is 0 Å². The Hall–Kier alpha value is -1.26. The van der Waals surface area contributed by atoms with Gasteiger partial charge in [0.2, 0.25) is 0 Å². The fourth-order valence-corrected chi connectivity index (χ4v) is 2.87. The van der Waals surface area contributed by atoms with Crippen molar-refractivity contribution in [3.8, 4) is 11.5 Å². The van der Waals surface area contributed by atoms with Crippen LogP contribution >= 0.6 is 22.9 Å². The number of benzene rings is 1. The van der Waals surface area contributed by atoms with Gasteiger partial charge in [-0.2, -0.15) is 0 Å². The third kappa shape index (κ3) is 3.39. The highest BCUT2D eigenvalue weighted by atomic mass is 35.5. The lowest BCUT2D eigenvalue weighted by Crippen LogP contribution is -2.07. The number of ether oxygens (including phenoxy) is 2. The Morgan fingerprint density at radius 2 is 2.05 bits per heavy atom. The molecule has 0 saturated carbocycles. The summed E-state index contributed by atoms with van der Waals surface area (Å²) in [6, 6.07) is 7.63. The van der Waals surface area contributed by atoms with Gasteiger partial charge in [0.15, 0.2) is 11.5 Å². The minimum atomic E-state index is -0.0710. The Kier molecular flexibility index (Phi) is 5.05. The molecular formula is C14H16ClNO2S. The van der Waals surface area contributed by atoms with Crippen molar-refractivity contribution in [2.75, 3.05) is 7.11 Å². The van der Waals surface area contributed by atoms with Crippen molar-refractivity contribution in [1.82, 2.24) is 4.98 Å². The van der Waals surface area contributed by atoms with Gasteiger partial charge in [0.25, 0.3) is 0 Å². The van der Waals surface area contributed by atoms with Crippen LogP contribution in [0.2, 0.25) is 0 Å². The Morgan fingerprint density at radius 1 is 1.32 bits per heavy atom. The molecule has 0 radical (unpaired) electrons. The summed E-state index contributed by atoms with van der Waals surface area (Å²) in [4.78, 5) is 4.47. The molecule has 2 rings (SSSR count). The summed E-state index contributed by atoms with van der Waals surface area (Å²) in [7, 11) is 1.64. The molecule has 3 nitrogen and oxygen atoms in total. The van der Waals surface area contributed by atoms with E-state index in [1.807, 2.05) is 29.6 Å². The maximum atomic E-state index is 6.01. The van der Waals surface area contributed by atoms with Crippen LogP contribution in [-0.4, -0.2) is 12.1 Å². The molecule has 0 aliphatic rings. The van der Waals surface area contributed by atoms with Gasteiger partial charge in [-0.3, -0.25) is 0 Å². The van der Waals surface area contributed by atoms with Crippen LogP contribution in [0.3, 0.4) is 0 Å². The number of methoxy groups -OCH3 is 1. The summed E-state index contributed by atoms with van der Waals surface area (Å²) < 4.78 is 11.3. The van der Waals surface area contributed by atoms with Crippen molar-refractivity contribution in [3.05, 3.63) is 40.3 Å². The topological polar surface area (TPSA) is 31.4 Å². The van der Waals surface area contributed by atoms with Crippen LogP contribution in [0, 0.1) is 0 Å². The average molecular weight is 298 g/mol. The first-order valence-electron chi connectivity index (χ1n) is 6.08. The van der Waals surface area contributed by atoms with Crippen LogP contribution < -0.4 is 9.47 Å². The number of hydrogen-bond donors (Lipinski definition) is 0. The molecule has 2 aromatic rings. The first-order valence-corrected chi connectivity index (χ1v) is 7.49. The van der Waals surface area contributed by atoms with E-state index >= 15 is 0 Å². The van der Waals surface area contributed by atoms with E-state index in [2.05, 4.69) is 11.9 Å². The van der Waals surface area contributed by atoms with E-state index in [4.69, 9.17) is 21.1 Å². The minimum Gasteiger partial charge on any atom is -0.493 e. The molecule has 1 atom stereocenters. The van der Waals surface area contributed by atoms with E-state index in [1.54, 1.807) is 18.4 Å². The van der Waals surface area contributed by atoms with Crippen molar-refractivity contribution in [2.45, 2.75) is 25.3 Å². The first kappa shape index (κ1) is 14.2. The number of thiazole rings is 1. The lowest BCUT2D eigenvalue weighted by molar-refractivity contribution is 0.192. The number of rotatable bonds is 6. The minimum absolute atomic E-state index is 0.0710. The predicted octanol–water partition coefficient (Wildman–Crippen LogP) is 4.42. The van der Waals surface area contributed by atoms with E-state index in [1.165, 1.54) is 0 Å². The van der Waals surface area contributed by atoms with Crippen LogP contribution in [0.4, 0.5) is 0 Å². The van der Waals surface area contributed by atoms with Crippen LogP contribution in [0.15, 0.2) is 29.6 Å². The Labute approximate surface area is 122 Å². The van der Waals surface area contributed by atoms with Gasteiger partial charge in [0.1, 0.15) is 11.1 Å². The van der Waals surface area contributed by atoms with E-state index in [0.717, 1.165) is 28.6 Å². The quantitative estimate of drug-likeness (QED) is 0.740. The molecular weight excluding hydrogens is 282 g/mol. The first-order chi connectivity index (χ1) is 9.28. The highest BCUT2D eigenvalue weighted by molar-refractivity contribution is 7.09. The van der Waals surface area contributed by atoms with Crippen LogP contribution in [0.1, 0.15) is 30.2 Å². The molecule has 0 aliphatic carbocycles. The van der Waals surface area contributed by atoms with Crippen molar-refractivity contribution in [1.29, 1.82) is 0 Å². The zero-order valence-corrected chi connectivity index (χ0v) is 12.5. The summed E-state index contributed by atoms with van der Waals surface area (Å²) in [6.07, 6.45) is 0.770. The van der Waals surface area contributed by atoms with Crippen molar-refractivity contribution in [2.24, 2.45) is 0 Å². The number of alkyl halides is 1. The molecule has 0 bridgehead atoms. The van der Waals surface area contributed by atoms with Crippen LogP contribution in [-0.2, 0) is 5.88 Å². The van der Waals surface area contributed by atoms with Crippen LogP contribution in [0.25, 0.3) is 0 Å². The zero-order chi connectivity index (χ0) is 13.7. The summed E-state index contributed by atoms with van der Waals surface area (Å²) in [5, 5.41) is 2.92. The number of para-hydroxylation sites is 2. The van der Waals surface area contributed by atoms with Gasteiger partial charge in [-0.1, -0.05) is 19.1 Å². The van der Waals surface area contributed by atoms with E-state index in [0.29, 0.717) is 5.88 Å². The van der Waals surface area contributed by atoms with Crippen molar-refractivity contribution >= 4 is 22.9 Å². The highest BCUT2D eigenvalue weighted by Crippen LogP contribution is 2.33. The summed E-state index contributed by atoms with van der Waals surface area (Å²) in [5.74, 6) is 1.90. The van der Waals surface area contributed by atoms with Crippen LogP contribution in [0.5, 0.6) is 11.5 Å². The Bertz CT molecular complexity index is 530. The molecule has 1 aromatic carbocycles. The maximum absolute atomic E-state index is 6.01. The SMILES string of the molecule is CCC(Oc1ccccc1OC)c1nc(CCl)cs1. The fourth-order valence-electron chi connectivity index (χ4n) is 1.71. The van der Waals surface area contributed by atoms with E-state index in [9.17, 15) is 0 Å². The molecule has 1 aromatic heterocycles. The third-order valence-corrected chi connectivity index (χ3v) is 3.95. The standard InChI is InChI=1S/C14H16ClNO2S/c1-3-11(14-16-10(8-15)9-19-14)18-13-7-5-4-6-12(13)17-2/h4-7,9,11H,3,8H2,1-2H3. The molecule has 0 N–H and O–H groups in total. The molecule has 19 heavy (non-hydrogen) atoms. The number of halogens is 1. The van der Waals surface area contributed by atoms with Crippen molar-refractivity contribution < 1.29 is 9.47 Å². The zero-order valence-electron chi connectivity index (χ0n) is 10.9. The van der Waals surface area contributed by atoms with Gasteiger partial charge >= 0.3 is 0 Å². The number of hydrogen-bond acceptors (Lipinski definition) is 4. The molecule has 1 unspecified atom stereocenters. The molecule has 0 amide bonds. The largest absolute Gasteiger partial charge is 0.493 e. The predicted molar refractivity (Wildman–Crippen MR) is 78.3 cm³/mol.